The fourth-order valence-electron chi connectivity index (χ4n) is 4.26. The van der Waals surface area contributed by atoms with E-state index in [1.807, 2.05) is 76.2 Å². The molecule has 3 atom stereocenters. The number of aliphatic hydroxyl groups is 1. The Balaban J connectivity index is 2.02. The molecule has 1 heterocycles. The van der Waals surface area contributed by atoms with Crippen LogP contribution in [-0.2, 0) is 11.3 Å². The minimum Gasteiger partial charge on any atom is -0.394 e. The lowest BCUT2D eigenvalue weighted by atomic mass is 9.94. The van der Waals surface area contributed by atoms with Crippen LogP contribution in [0.1, 0.15) is 43.6 Å². The van der Waals surface area contributed by atoms with E-state index in [-0.39, 0.29) is 42.7 Å². The molecule has 0 radical (unpaired) electrons. The summed E-state index contributed by atoms with van der Waals surface area (Å²) in [6, 6.07) is 15.0. The van der Waals surface area contributed by atoms with Gasteiger partial charge < -0.3 is 25.0 Å². The molecule has 2 aromatic rings. The first-order valence-corrected chi connectivity index (χ1v) is 11.9. The van der Waals surface area contributed by atoms with Crippen molar-refractivity contribution in [3.05, 3.63) is 59.7 Å². The Morgan fingerprint density at radius 3 is 2.38 bits per heavy atom. The van der Waals surface area contributed by atoms with Crippen molar-refractivity contribution in [1.82, 2.24) is 15.1 Å². The average Bonchev–Trinajstić information content (AvgIpc) is 2.84. The molecule has 2 aromatic carbocycles. The minimum absolute atomic E-state index is 0.0322. The summed E-state index contributed by atoms with van der Waals surface area (Å²) >= 11 is 0. The highest BCUT2D eigenvalue weighted by atomic mass is 16.5. The van der Waals surface area contributed by atoms with E-state index in [1.54, 1.807) is 16.8 Å². The molecule has 2 N–H and O–H groups in total. The molecule has 34 heavy (non-hydrogen) atoms. The molecule has 0 aliphatic carbocycles. The van der Waals surface area contributed by atoms with Gasteiger partial charge in [-0.3, -0.25) is 4.79 Å². The molecule has 0 unspecified atom stereocenters. The number of carbonyl (C=O) groups is 2. The van der Waals surface area contributed by atoms with Crippen LogP contribution in [0.5, 0.6) is 0 Å². The molecular weight excluding hydrogens is 430 g/mol. The van der Waals surface area contributed by atoms with E-state index in [0.717, 1.165) is 16.7 Å². The number of carbonyl (C=O) groups excluding carboxylic acids is 2. The number of nitrogens with zero attached hydrogens (tertiary/aromatic N) is 2. The third-order valence-electron chi connectivity index (χ3n) is 6.31. The number of urea groups is 1. The van der Waals surface area contributed by atoms with E-state index in [1.165, 1.54) is 0 Å². The topological polar surface area (TPSA) is 82.1 Å². The van der Waals surface area contributed by atoms with Gasteiger partial charge in [0.15, 0.2) is 0 Å². The Morgan fingerprint density at radius 2 is 1.74 bits per heavy atom. The maximum atomic E-state index is 13.8. The number of amides is 3. The zero-order chi connectivity index (χ0) is 24.8. The summed E-state index contributed by atoms with van der Waals surface area (Å²) in [5.74, 6) is -0.199. The number of hydrogen-bond donors (Lipinski definition) is 2. The molecule has 3 rings (SSSR count). The number of hydrogen-bond acceptors (Lipinski definition) is 4. The lowest BCUT2D eigenvalue weighted by molar-refractivity contribution is -0.0185. The molecule has 3 amide bonds. The highest BCUT2D eigenvalue weighted by Gasteiger charge is 2.31. The zero-order valence-corrected chi connectivity index (χ0v) is 20.8. The van der Waals surface area contributed by atoms with Gasteiger partial charge in [0, 0.05) is 37.7 Å². The van der Waals surface area contributed by atoms with Crippen LogP contribution in [0, 0.1) is 5.92 Å². The van der Waals surface area contributed by atoms with E-state index in [2.05, 4.69) is 5.32 Å². The number of nitrogens with one attached hydrogen (secondary N) is 1. The molecule has 0 aromatic heterocycles. The van der Waals surface area contributed by atoms with Gasteiger partial charge in [0.25, 0.3) is 5.91 Å². The van der Waals surface area contributed by atoms with E-state index < -0.39 is 0 Å². The second kappa shape index (κ2) is 11.5. The highest BCUT2D eigenvalue weighted by Crippen LogP contribution is 2.31. The van der Waals surface area contributed by atoms with Gasteiger partial charge >= 0.3 is 6.03 Å². The van der Waals surface area contributed by atoms with Crippen LogP contribution in [0.15, 0.2) is 48.5 Å². The Hall–Kier alpha value is -2.90. The summed E-state index contributed by atoms with van der Waals surface area (Å²) in [5, 5.41) is 12.8. The Labute approximate surface area is 202 Å². The summed E-state index contributed by atoms with van der Waals surface area (Å²) in [5.41, 5.74) is 3.39. The van der Waals surface area contributed by atoms with Crippen molar-refractivity contribution in [3.63, 3.8) is 0 Å². The number of benzene rings is 2. The quantitative estimate of drug-likeness (QED) is 0.702. The van der Waals surface area contributed by atoms with Gasteiger partial charge in [-0.1, -0.05) is 49.4 Å². The Kier molecular flexibility index (Phi) is 8.69. The lowest BCUT2D eigenvalue weighted by Gasteiger charge is -2.35. The number of ether oxygens (including phenoxy) is 1. The van der Waals surface area contributed by atoms with E-state index in [4.69, 9.17) is 4.74 Å². The molecule has 184 valence electrons. The molecule has 0 fully saturated rings. The van der Waals surface area contributed by atoms with Crippen molar-refractivity contribution in [2.24, 2.45) is 5.92 Å². The van der Waals surface area contributed by atoms with Gasteiger partial charge in [-0.15, -0.1) is 0 Å². The fourth-order valence-corrected chi connectivity index (χ4v) is 4.26. The standard InChI is InChI=1S/C27H37N3O4/c1-18(2)28-27(33)29(5)15-25-19(3)14-30(20(4)16-31)26(32)24-13-9-8-12-23(24)22-11-7-6-10-21(22)17-34-25/h6-13,18-20,25,31H,14-17H2,1-5H3,(H,28,33)/t19-,20+,25-/m1/s1. The molecule has 7 nitrogen and oxygen atoms in total. The van der Waals surface area contributed by atoms with Crippen molar-refractivity contribution >= 4 is 11.9 Å². The van der Waals surface area contributed by atoms with Crippen molar-refractivity contribution in [2.75, 3.05) is 26.7 Å². The maximum Gasteiger partial charge on any atom is 0.317 e. The second-order valence-corrected chi connectivity index (χ2v) is 9.50. The fraction of sp³-hybridized carbons (Fsp3) is 0.481. The van der Waals surface area contributed by atoms with Crippen molar-refractivity contribution < 1.29 is 19.4 Å². The van der Waals surface area contributed by atoms with Crippen LogP contribution in [0.4, 0.5) is 4.79 Å². The van der Waals surface area contributed by atoms with Crippen LogP contribution in [-0.4, -0.2) is 71.8 Å². The lowest BCUT2D eigenvalue weighted by Crippen LogP contribution is -2.49. The van der Waals surface area contributed by atoms with E-state index >= 15 is 0 Å². The summed E-state index contributed by atoms with van der Waals surface area (Å²) in [7, 11) is 1.75. The van der Waals surface area contributed by atoms with Crippen molar-refractivity contribution in [3.8, 4) is 11.1 Å². The first kappa shape index (κ1) is 25.7. The molecule has 7 heteroatoms. The average molecular weight is 468 g/mol. The Morgan fingerprint density at radius 1 is 1.12 bits per heavy atom. The normalized spacial score (nSPS) is 19.6. The van der Waals surface area contributed by atoms with Gasteiger partial charge in [0.2, 0.25) is 0 Å². The largest absolute Gasteiger partial charge is 0.394 e. The SMILES string of the molecule is CC(C)NC(=O)N(C)C[C@H]1OCc2ccccc2-c2ccccc2C(=O)N([C@@H](C)CO)C[C@H]1C. The predicted octanol–water partition coefficient (Wildman–Crippen LogP) is 3.76. The molecule has 0 saturated heterocycles. The third kappa shape index (κ3) is 5.96. The number of likely N-dealkylation sites (N-methyl/N-ethyl adjacent to an activating group) is 1. The van der Waals surface area contributed by atoms with Crippen LogP contribution in [0.3, 0.4) is 0 Å². The predicted molar refractivity (Wildman–Crippen MR) is 134 cm³/mol. The molecule has 0 saturated carbocycles. The maximum absolute atomic E-state index is 13.8. The van der Waals surface area contributed by atoms with Crippen LogP contribution >= 0.6 is 0 Å². The monoisotopic (exact) mass is 467 g/mol. The van der Waals surface area contributed by atoms with E-state index in [9.17, 15) is 14.7 Å². The number of rotatable bonds is 5. The van der Waals surface area contributed by atoms with Crippen LogP contribution < -0.4 is 5.32 Å². The zero-order valence-electron chi connectivity index (χ0n) is 20.8. The number of aliphatic hydroxyl groups excluding tert-OH is 1. The third-order valence-corrected chi connectivity index (χ3v) is 6.31. The van der Waals surface area contributed by atoms with Crippen molar-refractivity contribution in [1.29, 1.82) is 0 Å². The van der Waals surface area contributed by atoms with Gasteiger partial charge in [-0.2, -0.15) is 0 Å². The first-order valence-electron chi connectivity index (χ1n) is 11.9. The number of fused-ring (bicyclic) bond motifs is 3. The van der Waals surface area contributed by atoms with Crippen molar-refractivity contribution in [2.45, 2.75) is 52.5 Å². The molecule has 1 aliphatic heterocycles. The molecule has 0 bridgehead atoms. The summed E-state index contributed by atoms with van der Waals surface area (Å²) < 4.78 is 6.43. The second-order valence-electron chi connectivity index (χ2n) is 9.50. The summed E-state index contributed by atoms with van der Waals surface area (Å²) in [6.07, 6.45) is -0.307. The van der Waals surface area contributed by atoms with Gasteiger partial charge in [-0.25, -0.2) is 4.79 Å². The van der Waals surface area contributed by atoms with Gasteiger partial charge in [0.05, 0.1) is 25.4 Å². The summed E-state index contributed by atoms with van der Waals surface area (Å²) in [4.78, 5) is 29.7. The van der Waals surface area contributed by atoms with Gasteiger partial charge in [-0.05, 0) is 43.5 Å². The van der Waals surface area contributed by atoms with Crippen LogP contribution in [0.25, 0.3) is 11.1 Å². The first-order chi connectivity index (χ1) is 16.2. The molecular formula is C27H37N3O4. The smallest absolute Gasteiger partial charge is 0.317 e. The highest BCUT2D eigenvalue weighted by molar-refractivity contribution is 6.01. The summed E-state index contributed by atoms with van der Waals surface area (Å²) in [6.45, 7) is 8.72. The van der Waals surface area contributed by atoms with E-state index in [0.29, 0.717) is 25.3 Å². The molecule has 0 spiro atoms. The molecule has 1 aliphatic rings. The Bertz CT molecular complexity index is 993. The van der Waals surface area contributed by atoms with Gasteiger partial charge in [0.1, 0.15) is 0 Å². The van der Waals surface area contributed by atoms with Crippen LogP contribution in [0.2, 0.25) is 0 Å². The minimum atomic E-state index is -0.360.